The molecule has 0 spiro atoms. The van der Waals surface area contributed by atoms with Gasteiger partial charge in [0.1, 0.15) is 5.76 Å². The van der Waals surface area contributed by atoms with E-state index in [1.54, 1.807) is 0 Å². The van der Waals surface area contributed by atoms with Gasteiger partial charge in [-0.3, -0.25) is 0 Å². The summed E-state index contributed by atoms with van der Waals surface area (Å²) in [6, 6.07) is -0.0203. The second-order valence-corrected chi connectivity index (χ2v) is 7.83. The smallest absolute Gasteiger partial charge is 0.198 e. The summed E-state index contributed by atoms with van der Waals surface area (Å²) in [5.74, 6) is 6.50. The summed E-state index contributed by atoms with van der Waals surface area (Å²) in [4.78, 5) is 4.62. The molecule has 20 heavy (non-hydrogen) atoms. The van der Waals surface area contributed by atoms with Gasteiger partial charge in [-0.15, -0.1) is 0 Å². The van der Waals surface area contributed by atoms with E-state index >= 15 is 0 Å². The maximum atomic E-state index is 6.19. The highest BCUT2D eigenvalue weighted by molar-refractivity contribution is 5.11. The molecular formula is C17H26N2O. The molecule has 110 valence electrons. The van der Waals surface area contributed by atoms with Crippen molar-refractivity contribution in [1.29, 1.82) is 0 Å². The Bertz CT molecular complexity index is 465. The molecule has 4 bridgehead atoms. The van der Waals surface area contributed by atoms with Gasteiger partial charge in [0.2, 0.25) is 0 Å². The second kappa shape index (κ2) is 4.59. The zero-order valence-electron chi connectivity index (χ0n) is 12.6. The molecule has 4 aliphatic carbocycles. The Morgan fingerprint density at radius 2 is 1.70 bits per heavy atom. The molecule has 5 rings (SSSR count). The van der Waals surface area contributed by atoms with Crippen LogP contribution in [0.2, 0.25) is 0 Å². The SMILES string of the molecule is CC(C)C(N)c1cnc(C2C3CC4CC(C3)CC2C4)o1. The molecule has 1 unspecified atom stereocenters. The normalized spacial score (nSPS) is 40.5. The Balaban J connectivity index is 1.59. The van der Waals surface area contributed by atoms with Gasteiger partial charge >= 0.3 is 0 Å². The van der Waals surface area contributed by atoms with Crippen LogP contribution in [-0.4, -0.2) is 4.98 Å². The van der Waals surface area contributed by atoms with Crippen molar-refractivity contribution in [2.45, 2.75) is 57.9 Å². The fraction of sp³-hybridized carbons (Fsp3) is 0.824. The molecule has 3 nitrogen and oxygen atoms in total. The highest BCUT2D eigenvalue weighted by Crippen LogP contribution is 2.59. The van der Waals surface area contributed by atoms with Gasteiger partial charge in [0.05, 0.1) is 12.2 Å². The monoisotopic (exact) mass is 274 g/mol. The molecule has 2 N–H and O–H groups in total. The lowest BCUT2D eigenvalue weighted by Gasteiger charge is -2.53. The summed E-state index contributed by atoms with van der Waals surface area (Å²) in [7, 11) is 0. The number of nitrogens with two attached hydrogens (primary N) is 1. The molecule has 1 heterocycles. The Morgan fingerprint density at radius 3 is 2.25 bits per heavy atom. The van der Waals surface area contributed by atoms with Gasteiger partial charge in [-0.05, 0) is 61.7 Å². The molecule has 0 amide bonds. The zero-order chi connectivity index (χ0) is 13.9. The summed E-state index contributed by atoms with van der Waals surface area (Å²) < 4.78 is 6.10. The Labute approximate surface area is 121 Å². The van der Waals surface area contributed by atoms with Gasteiger partial charge in [0.15, 0.2) is 5.89 Å². The van der Waals surface area contributed by atoms with Gasteiger partial charge in [0.25, 0.3) is 0 Å². The molecule has 3 heteroatoms. The summed E-state index contributed by atoms with van der Waals surface area (Å²) in [6.07, 6.45) is 9.01. The molecule has 4 aliphatic rings. The van der Waals surface area contributed by atoms with E-state index in [4.69, 9.17) is 10.2 Å². The topological polar surface area (TPSA) is 52.0 Å². The van der Waals surface area contributed by atoms with Crippen LogP contribution in [0.4, 0.5) is 0 Å². The van der Waals surface area contributed by atoms with Crippen LogP contribution in [0, 0.1) is 29.6 Å². The molecule has 0 saturated heterocycles. The first-order valence-corrected chi connectivity index (χ1v) is 8.33. The van der Waals surface area contributed by atoms with Gasteiger partial charge in [0, 0.05) is 5.92 Å². The number of rotatable bonds is 3. The molecule has 1 aromatic heterocycles. The molecule has 4 fully saturated rings. The fourth-order valence-corrected chi connectivity index (χ4v) is 5.27. The van der Waals surface area contributed by atoms with Gasteiger partial charge in [-0.25, -0.2) is 4.98 Å². The Morgan fingerprint density at radius 1 is 1.10 bits per heavy atom. The Kier molecular flexibility index (Phi) is 2.95. The molecular weight excluding hydrogens is 248 g/mol. The number of hydrogen-bond donors (Lipinski definition) is 1. The van der Waals surface area contributed by atoms with Crippen molar-refractivity contribution < 1.29 is 4.42 Å². The highest BCUT2D eigenvalue weighted by Gasteiger charge is 2.50. The largest absolute Gasteiger partial charge is 0.444 e. The van der Waals surface area contributed by atoms with E-state index in [9.17, 15) is 0 Å². The van der Waals surface area contributed by atoms with E-state index in [0.717, 1.165) is 35.3 Å². The number of oxazole rings is 1. The van der Waals surface area contributed by atoms with Crippen LogP contribution in [0.1, 0.15) is 69.6 Å². The predicted octanol–water partition coefficient (Wildman–Crippen LogP) is 3.87. The van der Waals surface area contributed by atoms with Gasteiger partial charge in [-0.1, -0.05) is 13.8 Å². The minimum Gasteiger partial charge on any atom is -0.444 e. The summed E-state index contributed by atoms with van der Waals surface area (Å²) >= 11 is 0. The second-order valence-electron chi connectivity index (χ2n) is 7.83. The maximum absolute atomic E-state index is 6.19. The van der Waals surface area contributed by atoms with E-state index in [1.165, 1.54) is 32.1 Å². The third-order valence-electron chi connectivity index (χ3n) is 6.10. The maximum Gasteiger partial charge on any atom is 0.198 e. The average molecular weight is 274 g/mol. The lowest BCUT2D eigenvalue weighted by molar-refractivity contribution is -0.0119. The van der Waals surface area contributed by atoms with Crippen molar-refractivity contribution in [3.8, 4) is 0 Å². The highest BCUT2D eigenvalue weighted by atomic mass is 16.4. The van der Waals surface area contributed by atoms with E-state index in [0.29, 0.717) is 11.8 Å². The van der Waals surface area contributed by atoms with Crippen molar-refractivity contribution in [2.75, 3.05) is 0 Å². The molecule has 0 radical (unpaired) electrons. The van der Waals surface area contributed by atoms with Crippen LogP contribution in [0.5, 0.6) is 0 Å². The molecule has 0 aromatic carbocycles. The van der Waals surface area contributed by atoms with E-state index < -0.39 is 0 Å². The van der Waals surface area contributed by atoms with Gasteiger partial charge < -0.3 is 10.2 Å². The predicted molar refractivity (Wildman–Crippen MR) is 78.1 cm³/mol. The van der Waals surface area contributed by atoms with E-state index in [2.05, 4.69) is 18.8 Å². The van der Waals surface area contributed by atoms with E-state index in [-0.39, 0.29) is 6.04 Å². The number of nitrogens with zero attached hydrogens (tertiary/aromatic N) is 1. The molecule has 1 aromatic rings. The van der Waals surface area contributed by atoms with Gasteiger partial charge in [-0.2, -0.15) is 0 Å². The van der Waals surface area contributed by atoms with Crippen molar-refractivity contribution in [2.24, 2.45) is 35.3 Å². The lowest BCUT2D eigenvalue weighted by atomic mass is 9.52. The third kappa shape index (κ3) is 1.93. The van der Waals surface area contributed by atoms with Crippen LogP contribution < -0.4 is 5.73 Å². The van der Waals surface area contributed by atoms with E-state index in [1.807, 2.05) is 6.20 Å². The molecule has 1 atom stereocenters. The third-order valence-corrected chi connectivity index (χ3v) is 6.10. The van der Waals surface area contributed by atoms with Crippen LogP contribution in [0.15, 0.2) is 10.6 Å². The summed E-state index contributed by atoms with van der Waals surface area (Å²) in [5, 5.41) is 0. The Hall–Kier alpha value is -0.830. The van der Waals surface area contributed by atoms with Crippen LogP contribution in [0.25, 0.3) is 0 Å². The number of aromatic nitrogens is 1. The van der Waals surface area contributed by atoms with Crippen molar-refractivity contribution in [1.82, 2.24) is 4.98 Å². The quantitative estimate of drug-likeness (QED) is 0.910. The first kappa shape index (κ1) is 12.9. The minimum absolute atomic E-state index is 0.0203. The number of hydrogen-bond acceptors (Lipinski definition) is 3. The lowest BCUT2D eigenvalue weighted by Crippen LogP contribution is -2.43. The molecule has 0 aliphatic heterocycles. The standard InChI is InChI=1S/C17H26N2O/c1-9(2)16(18)14-8-19-17(20-14)15-12-4-10-3-11(6-12)7-13(15)5-10/h8-13,15-16H,3-7,18H2,1-2H3. The van der Waals surface area contributed by atoms with Crippen LogP contribution in [-0.2, 0) is 0 Å². The first-order valence-electron chi connectivity index (χ1n) is 8.33. The van der Waals surface area contributed by atoms with Crippen LogP contribution >= 0.6 is 0 Å². The van der Waals surface area contributed by atoms with Crippen molar-refractivity contribution in [3.63, 3.8) is 0 Å². The zero-order valence-corrected chi connectivity index (χ0v) is 12.6. The fourth-order valence-electron chi connectivity index (χ4n) is 5.27. The summed E-state index contributed by atoms with van der Waals surface area (Å²) in [5.41, 5.74) is 6.19. The summed E-state index contributed by atoms with van der Waals surface area (Å²) in [6.45, 7) is 4.27. The van der Waals surface area contributed by atoms with Crippen molar-refractivity contribution in [3.05, 3.63) is 17.8 Å². The van der Waals surface area contributed by atoms with Crippen molar-refractivity contribution >= 4 is 0 Å². The molecule has 4 saturated carbocycles. The minimum atomic E-state index is -0.0203. The first-order chi connectivity index (χ1) is 9.61. The van der Waals surface area contributed by atoms with Crippen LogP contribution in [0.3, 0.4) is 0 Å². The average Bonchev–Trinajstić information content (AvgIpc) is 2.85.